The molecule has 1 N–H and O–H groups in total. The first-order valence-corrected chi connectivity index (χ1v) is 10.1. The molecule has 0 radical (unpaired) electrons. The molecule has 0 saturated carbocycles. The van der Waals surface area contributed by atoms with Gasteiger partial charge in [0.05, 0.1) is 22.1 Å². The maximum absolute atomic E-state index is 12.6. The number of phenols is 1. The molecule has 2 aromatic rings. The SMILES string of the molecule is COc1cc(/C=C2/SC(=O)N(Cc3cccc(Br)c3)C2=O)cc(I)c1O. The molecule has 1 saturated heterocycles. The van der Waals surface area contributed by atoms with Crippen LogP contribution in [0, 0.1) is 3.57 Å². The highest BCUT2D eigenvalue weighted by molar-refractivity contribution is 14.1. The fourth-order valence-corrected chi connectivity index (χ4v) is 4.35. The van der Waals surface area contributed by atoms with Crippen molar-refractivity contribution in [2.75, 3.05) is 7.11 Å². The monoisotopic (exact) mass is 545 g/mol. The van der Waals surface area contributed by atoms with Gasteiger partial charge < -0.3 is 9.84 Å². The number of hydrogen-bond acceptors (Lipinski definition) is 5. The molecule has 5 nitrogen and oxygen atoms in total. The minimum absolute atomic E-state index is 0.0491. The van der Waals surface area contributed by atoms with Gasteiger partial charge in [-0.1, -0.05) is 28.1 Å². The molecule has 0 aromatic heterocycles. The predicted molar refractivity (Wildman–Crippen MR) is 113 cm³/mol. The zero-order valence-corrected chi connectivity index (χ0v) is 18.1. The Labute approximate surface area is 176 Å². The smallest absolute Gasteiger partial charge is 0.293 e. The summed E-state index contributed by atoms with van der Waals surface area (Å²) in [5.74, 6) is 0.0338. The molecule has 1 aliphatic heterocycles. The van der Waals surface area contributed by atoms with Crippen molar-refractivity contribution in [2.24, 2.45) is 0 Å². The Morgan fingerprint density at radius 1 is 1.31 bits per heavy atom. The zero-order chi connectivity index (χ0) is 18.8. The Morgan fingerprint density at radius 2 is 2.08 bits per heavy atom. The normalized spacial score (nSPS) is 15.8. The van der Waals surface area contributed by atoms with Crippen LogP contribution in [0.5, 0.6) is 11.5 Å². The first-order chi connectivity index (χ1) is 12.4. The number of rotatable bonds is 4. The van der Waals surface area contributed by atoms with E-state index < -0.39 is 0 Å². The highest BCUT2D eigenvalue weighted by Gasteiger charge is 2.35. The van der Waals surface area contributed by atoms with E-state index in [0.29, 0.717) is 19.8 Å². The first kappa shape index (κ1) is 19.2. The van der Waals surface area contributed by atoms with E-state index >= 15 is 0 Å². The molecule has 0 atom stereocenters. The van der Waals surface area contributed by atoms with E-state index in [1.165, 1.54) is 12.0 Å². The number of imide groups is 1. The number of carbonyl (C=O) groups excluding carboxylic acids is 2. The molecule has 26 heavy (non-hydrogen) atoms. The van der Waals surface area contributed by atoms with E-state index in [0.717, 1.165) is 21.8 Å². The molecule has 134 valence electrons. The van der Waals surface area contributed by atoms with Crippen LogP contribution in [0.2, 0.25) is 0 Å². The summed E-state index contributed by atoms with van der Waals surface area (Å²) in [6.07, 6.45) is 1.63. The second-order valence-corrected chi connectivity index (χ2v) is 8.52. The Bertz CT molecular complexity index is 931. The summed E-state index contributed by atoms with van der Waals surface area (Å²) >= 11 is 6.27. The van der Waals surface area contributed by atoms with Gasteiger partial charge in [0.2, 0.25) is 0 Å². The van der Waals surface area contributed by atoms with Gasteiger partial charge in [-0.2, -0.15) is 0 Å². The summed E-state index contributed by atoms with van der Waals surface area (Å²) in [5, 5.41) is 9.61. The maximum atomic E-state index is 12.6. The molecule has 3 rings (SSSR count). The molecule has 2 aromatic carbocycles. The lowest BCUT2D eigenvalue weighted by atomic mass is 10.1. The summed E-state index contributed by atoms with van der Waals surface area (Å²) in [7, 11) is 1.46. The van der Waals surface area contributed by atoms with Gasteiger partial charge in [-0.25, -0.2) is 0 Å². The highest BCUT2D eigenvalue weighted by Crippen LogP contribution is 2.37. The van der Waals surface area contributed by atoms with Crippen LogP contribution in [0.3, 0.4) is 0 Å². The number of benzene rings is 2. The number of amides is 2. The third-order valence-corrected chi connectivity index (χ3v) is 5.89. The minimum atomic E-state index is -0.331. The van der Waals surface area contributed by atoms with Gasteiger partial charge in [0.15, 0.2) is 11.5 Å². The van der Waals surface area contributed by atoms with Crippen LogP contribution >= 0.6 is 50.3 Å². The summed E-state index contributed by atoms with van der Waals surface area (Å²) < 4.78 is 6.62. The molecule has 0 aliphatic carbocycles. The van der Waals surface area contributed by atoms with Gasteiger partial charge in [-0.05, 0) is 75.8 Å². The minimum Gasteiger partial charge on any atom is -0.504 e. The van der Waals surface area contributed by atoms with Crippen LogP contribution in [0.25, 0.3) is 6.08 Å². The second-order valence-electron chi connectivity index (χ2n) is 5.45. The van der Waals surface area contributed by atoms with Crippen LogP contribution in [0.15, 0.2) is 45.8 Å². The molecule has 2 amide bonds. The predicted octanol–water partition coefficient (Wildman–Crippen LogP) is 5.00. The molecular formula is C18H13BrINO4S. The zero-order valence-electron chi connectivity index (χ0n) is 13.5. The third-order valence-electron chi connectivity index (χ3n) is 3.67. The third kappa shape index (κ3) is 4.07. The molecular weight excluding hydrogens is 533 g/mol. The number of ether oxygens (including phenoxy) is 1. The molecule has 8 heteroatoms. The van der Waals surface area contributed by atoms with Gasteiger partial charge in [0.1, 0.15) is 0 Å². The molecule has 0 unspecified atom stereocenters. The van der Waals surface area contributed by atoms with Crippen LogP contribution in [-0.4, -0.2) is 28.3 Å². The largest absolute Gasteiger partial charge is 0.504 e. The van der Waals surface area contributed by atoms with Crippen molar-refractivity contribution >= 4 is 67.5 Å². The van der Waals surface area contributed by atoms with Crippen LogP contribution in [-0.2, 0) is 11.3 Å². The second kappa shape index (κ2) is 8.01. The average Bonchev–Trinajstić information content (AvgIpc) is 2.85. The number of aromatic hydroxyl groups is 1. The van der Waals surface area contributed by atoms with Gasteiger partial charge in [-0.15, -0.1) is 0 Å². The van der Waals surface area contributed by atoms with E-state index in [2.05, 4.69) is 15.9 Å². The Balaban J connectivity index is 1.87. The fraction of sp³-hybridized carbons (Fsp3) is 0.111. The molecule has 1 heterocycles. The molecule has 0 bridgehead atoms. The number of halogens is 2. The summed E-state index contributed by atoms with van der Waals surface area (Å²) in [6.45, 7) is 0.220. The number of phenolic OH excluding ortho intramolecular Hbond substituents is 1. The van der Waals surface area contributed by atoms with E-state index in [1.807, 2.05) is 46.9 Å². The molecule has 1 fully saturated rings. The fourth-order valence-electron chi connectivity index (χ4n) is 2.44. The standard InChI is InChI=1S/C18H13BrINO4S/c1-25-14-7-11(6-13(20)16(14)22)8-15-17(23)21(18(24)26-15)9-10-3-2-4-12(19)5-10/h2-8,22H,9H2,1H3/b15-8+. The van der Waals surface area contributed by atoms with E-state index in [9.17, 15) is 14.7 Å². The number of hydrogen-bond donors (Lipinski definition) is 1. The Kier molecular flexibility index (Phi) is 5.93. The van der Waals surface area contributed by atoms with Crippen molar-refractivity contribution < 1.29 is 19.4 Å². The number of nitrogens with zero attached hydrogens (tertiary/aromatic N) is 1. The van der Waals surface area contributed by atoms with E-state index in [-0.39, 0.29) is 23.4 Å². The number of carbonyl (C=O) groups is 2. The lowest BCUT2D eigenvalue weighted by molar-refractivity contribution is -0.123. The Morgan fingerprint density at radius 3 is 2.77 bits per heavy atom. The first-order valence-electron chi connectivity index (χ1n) is 7.45. The van der Waals surface area contributed by atoms with Gasteiger partial charge >= 0.3 is 0 Å². The topological polar surface area (TPSA) is 66.8 Å². The van der Waals surface area contributed by atoms with Gasteiger partial charge in [0.25, 0.3) is 11.1 Å². The highest BCUT2D eigenvalue weighted by atomic mass is 127. The van der Waals surface area contributed by atoms with Crippen molar-refractivity contribution in [1.29, 1.82) is 0 Å². The summed E-state index contributed by atoms with van der Waals surface area (Å²) in [5.41, 5.74) is 1.54. The lowest BCUT2D eigenvalue weighted by Crippen LogP contribution is -2.27. The van der Waals surface area contributed by atoms with Gasteiger partial charge in [-0.3, -0.25) is 14.5 Å². The van der Waals surface area contributed by atoms with E-state index in [1.54, 1.807) is 18.2 Å². The Hall–Kier alpha value is -1.52. The summed E-state index contributed by atoms with van der Waals surface area (Å²) in [4.78, 5) is 26.5. The average molecular weight is 546 g/mol. The van der Waals surface area contributed by atoms with Crippen molar-refractivity contribution in [3.05, 3.63) is 60.5 Å². The molecule has 1 aliphatic rings. The van der Waals surface area contributed by atoms with Crippen molar-refractivity contribution in [3.63, 3.8) is 0 Å². The number of methoxy groups -OCH3 is 1. The quantitative estimate of drug-likeness (QED) is 0.432. The van der Waals surface area contributed by atoms with Crippen LogP contribution in [0.1, 0.15) is 11.1 Å². The van der Waals surface area contributed by atoms with Crippen molar-refractivity contribution in [1.82, 2.24) is 4.90 Å². The van der Waals surface area contributed by atoms with Crippen LogP contribution in [0.4, 0.5) is 4.79 Å². The van der Waals surface area contributed by atoms with Gasteiger partial charge in [0, 0.05) is 4.47 Å². The van der Waals surface area contributed by atoms with Crippen LogP contribution < -0.4 is 4.74 Å². The molecule has 0 spiro atoms. The van der Waals surface area contributed by atoms with Crippen molar-refractivity contribution in [3.8, 4) is 11.5 Å². The summed E-state index contributed by atoms with van der Waals surface area (Å²) in [6, 6.07) is 10.8. The maximum Gasteiger partial charge on any atom is 0.293 e. The number of thioether (sulfide) groups is 1. The van der Waals surface area contributed by atoms with E-state index in [4.69, 9.17) is 4.74 Å². The van der Waals surface area contributed by atoms with Crippen molar-refractivity contribution in [2.45, 2.75) is 6.54 Å². The lowest BCUT2D eigenvalue weighted by Gasteiger charge is -2.12.